The summed E-state index contributed by atoms with van der Waals surface area (Å²) in [5, 5.41) is 5.49. The summed E-state index contributed by atoms with van der Waals surface area (Å²) in [7, 11) is -3.37. The van der Waals surface area contributed by atoms with Gasteiger partial charge in [0.25, 0.3) is 5.91 Å². The van der Waals surface area contributed by atoms with Gasteiger partial charge in [0.05, 0.1) is 4.90 Å². The van der Waals surface area contributed by atoms with Gasteiger partial charge in [0.15, 0.2) is 16.4 Å². The highest BCUT2D eigenvalue weighted by atomic mass is 32.2. The molecule has 28 heavy (non-hydrogen) atoms. The number of amides is 2. The zero-order valence-electron chi connectivity index (χ0n) is 15.7. The van der Waals surface area contributed by atoms with Crippen molar-refractivity contribution >= 4 is 33.0 Å². The Morgan fingerprint density at radius 1 is 1.11 bits per heavy atom. The highest BCUT2D eigenvalue weighted by Gasteiger charge is 2.29. The van der Waals surface area contributed by atoms with Crippen LogP contribution in [0, 0.1) is 12.8 Å². The Bertz CT molecular complexity index is 1010. The lowest BCUT2D eigenvalue weighted by Gasteiger charge is -2.12. The second-order valence-electron chi connectivity index (χ2n) is 6.88. The van der Waals surface area contributed by atoms with E-state index in [1.54, 1.807) is 37.3 Å². The minimum Gasteiger partial charge on any atom is -0.484 e. The maximum absolute atomic E-state index is 12.2. The second kappa shape index (κ2) is 8.02. The van der Waals surface area contributed by atoms with Gasteiger partial charge in [0, 0.05) is 29.6 Å². The summed E-state index contributed by atoms with van der Waals surface area (Å²) < 4.78 is 28.9. The Kier molecular flexibility index (Phi) is 5.69. The largest absolute Gasteiger partial charge is 0.484 e. The van der Waals surface area contributed by atoms with Crippen LogP contribution in [0.3, 0.4) is 0 Å². The van der Waals surface area contributed by atoms with Crippen LogP contribution in [0.4, 0.5) is 11.4 Å². The van der Waals surface area contributed by atoms with Crippen LogP contribution in [0.2, 0.25) is 0 Å². The molecule has 1 aliphatic rings. The number of hydrogen-bond donors (Lipinski definition) is 2. The van der Waals surface area contributed by atoms with Gasteiger partial charge in [-0.3, -0.25) is 9.59 Å². The smallest absolute Gasteiger partial charge is 0.262 e. The van der Waals surface area contributed by atoms with Gasteiger partial charge < -0.3 is 15.4 Å². The number of anilines is 2. The summed E-state index contributed by atoms with van der Waals surface area (Å²) in [6, 6.07) is 11.4. The van der Waals surface area contributed by atoms with Crippen molar-refractivity contribution < 1.29 is 22.7 Å². The number of sulfone groups is 1. The van der Waals surface area contributed by atoms with Crippen molar-refractivity contribution in [3.63, 3.8) is 0 Å². The summed E-state index contributed by atoms with van der Waals surface area (Å²) in [4.78, 5) is 24.2. The van der Waals surface area contributed by atoms with E-state index in [1.165, 1.54) is 12.1 Å². The second-order valence-corrected chi connectivity index (χ2v) is 8.89. The third kappa shape index (κ3) is 5.32. The van der Waals surface area contributed by atoms with Crippen LogP contribution in [-0.4, -0.2) is 33.1 Å². The normalized spacial score (nSPS) is 13.6. The predicted octanol–water partition coefficient (Wildman–Crippen LogP) is 2.76. The van der Waals surface area contributed by atoms with Crippen molar-refractivity contribution in [2.75, 3.05) is 23.5 Å². The Morgan fingerprint density at radius 3 is 2.54 bits per heavy atom. The number of rotatable bonds is 7. The maximum Gasteiger partial charge on any atom is 0.262 e. The molecule has 2 amide bonds. The molecule has 2 aromatic rings. The highest BCUT2D eigenvalue weighted by molar-refractivity contribution is 7.90. The molecule has 1 aliphatic carbocycles. The minimum absolute atomic E-state index is 0.00359. The lowest BCUT2D eigenvalue weighted by Crippen LogP contribution is -2.21. The third-order valence-corrected chi connectivity index (χ3v) is 5.44. The number of benzene rings is 2. The van der Waals surface area contributed by atoms with Crippen LogP contribution < -0.4 is 15.4 Å². The van der Waals surface area contributed by atoms with E-state index in [9.17, 15) is 18.0 Å². The molecule has 0 saturated heterocycles. The summed E-state index contributed by atoms with van der Waals surface area (Å²) >= 11 is 0. The molecule has 2 aromatic carbocycles. The number of aryl methyl sites for hydroxylation is 1. The molecule has 0 bridgehead atoms. The first-order valence-corrected chi connectivity index (χ1v) is 10.8. The van der Waals surface area contributed by atoms with E-state index in [0.717, 1.165) is 24.7 Å². The predicted molar refractivity (Wildman–Crippen MR) is 106 cm³/mol. The molecule has 1 fully saturated rings. The third-order valence-electron chi connectivity index (χ3n) is 4.33. The van der Waals surface area contributed by atoms with Crippen LogP contribution in [0.25, 0.3) is 0 Å². The van der Waals surface area contributed by atoms with Crippen LogP contribution >= 0.6 is 0 Å². The van der Waals surface area contributed by atoms with E-state index in [1.807, 2.05) is 0 Å². The fourth-order valence-corrected chi connectivity index (χ4v) is 3.20. The average Bonchev–Trinajstić information content (AvgIpc) is 3.46. The van der Waals surface area contributed by atoms with Crippen molar-refractivity contribution in [3.8, 4) is 5.75 Å². The SMILES string of the molecule is Cc1ccc(S(C)(=O)=O)cc1NC(=O)COc1cccc(NC(=O)C2CC2)c1. The fourth-order valence-electron chi connectivity index (χ4n) is 2.56. The molecule has 1 saturated carbocycles. The van der Waals surface area contributed by atoms with Crippen molar-refractivity contribution in [1.29, 1.82) is 0 Å². The van der Waals surface area contributed by atoms with E-state index in [4.69, 9.17) is 4.74 Å². The highest BCUT2D eigenvalue weighted by Crippen LogP contribution is 2.30. The number of hydrogen-bond acceptors (Lipinski definition) is 5. The Hall–Kier alpha value is -2.87. The van der Waals surface area contributed by atoms with Gasteiger partial charge >= 0.3 is 0 Å². The molecule has 0 heterocycles. The zero-order chi connectivity index (χ0) is 20.3. The Balaban J connectivity index is 1.59. The molecular formula is C20H22N2O5S. The molecule has 8 heteroatoms. The van der Waals surface area contributed by atoms with Crippen molar-refractivity contribution in [2.24, 2.45) is 5.92 Å². The first-order chi connectivity index (χ1) is 13.2. The first kappa shape index (κ1) is 19.9. The molecule has 0 aromatic heterocycles. The molecule has 0 atom stereocenters. The molecule has 0 radical (unpaired) electrons. The zero-order valence-corrected chi connectivity index (χ0v) is 16.5. The van der Waals surface area contributed by atoms with E-state index < -0.39 is 15.7 Å². The first-order valence-electron chi connectivity index (χ1n) is 8.86. The topological polar surface area (TPSA) is 102 Å². The van der Waals surface area contributed by atoms with E-state index in [2.05, 4.69) is 10.6 Å². The summed E-state index contributed by atoms with van der Waals surface area (Å²) in [5.41, 5.74) is 1.78. The molecule has 148 valence electrons. The molecule has 2 N–H and O–H groups in total. The quantitative estimate of drug-likeness (QED) is 0.742. The minimum atomic E-state index is -3.37. The van der Waals surface area contributed by atoms with E-state index >= 15 is 0 Å². The van der Waals surface area contributed by atoms with Gasteiger partial charge in [-0.1, -0.05) is 12.1 Å². The van der Waals surface area contributed by atoms with E-state index in [0.29, 0.717) is 17.1 Å². The molecule has 3 rings (SSSR count). The molecular weight excluding hydrogens is 380 g/mol. The Labute approximate surface area is 164 Å². The lowest BCUT2D eigenvalue weighted by atomic mass is 10.2. The molecule has 7 nitrogen and oxygen atoms in total. The van der Waals surface area contributed by atoms with Gasteiger partial charge in [-0.05, 0) is 49.6 Å². The van der Waals surface area contributed by atoms with Gasteiger partial charge in [0.1, 0.15) is 5.75 Å². The molecule has 0 aliphatic heterocycles. The molecule has 0 spiro atoms. The number of nitrogens with one attached hydrogen (secondary N) is 2. The summed E-state index contributed by atoms with van der Waals surface area (Å²) in [6.45, 7) is 1.52. The van der Waals surface area contributed by atoms with Crippen molar-refractivity contribution in [2.45, 2.75) is 24.7 Å². The number of carbonyl (C=O) groups is 2. The van der Waals surface area contributed by atoms with Gasteiger partial charge in [-0.2, -0.15) is 0 Å². The van der Waals surface area contributed by atoms with Crippen LogP contribution in [-0.2, 0) is 19.4 Å². The molecule has 0 unspecified atom stereocenters. The van der Waals surface area contributed by atoms with Crippen molar-refractivity contribution in [1.82, 2.24) is 0 Å². The van der Waals surface area contributed by atoms with Gasteiger partial charge in [-0.15, -0.1) is 0 Å². The van der Waals surface area contributed by atoms with Gasteiger partial charge in [0.2, 0.25) is 5.91 Å². The standard InChI is InChI=1S/C20H22N2O5S/c1-13-6-9-17(28(2,25)26)11-18(13)22-19(23)12-27-16-5-3-4-15(10-16)21-20(24)14-7-8-14/h3-6,9-11,14H,7-8,12H2,1-2H3,(H,21,24)(H,22,23). The summed E-state index contributed by atoms with van der Waals surface area (Å²) in [6.07, 6.45) is 2.95. The lowest BCUT2D eigenvalue weighted by molar-refractivity contribution is -0.118. The van der Waals surface area contributed by atoms with Crippen molar-refractivity contribution in [3.05, 3.63) is 48.0 Å². The number of carbonyl (C=O) groups excluding carboxylic acids is 2. The van der Waals surface area contributed by atoms with Crippen LogP contribution in [0.5, 0.6) is 5.75 Å². The Morgan fingerprint density at radius 2 is 1.86 bits per heavy atom. The maximum atomic E-state index is 12.2. The van der Waals surface area contributed by atoms with Crippen LogP contribution in [0.1, 0.15) is 18.4 Å². The van der Waals surface area contributed by atoms with Crippen LogP contribution in [0.15, 0.2) is 47.4 Å². The van der Waals surface area contributed by atoms with Gasteiger partial charge in [-0.25, -0.2) is 8.42 Å². The summed E-state index contributed by atoms with van der Waals surface area (Å²) in [5.74, 6) is 0.129. The number of ether oxygens (including phenoxy) is 1. The average molecular weight is 402 g/mol. The monoisotopic (exact) mass is 402 g/mol. The van der Waals surface area contributed by atoms with E-state index in [-0.39, 0.29) is 23.3 Å². The fraction of sp³-hybridized carbons (Fsp3) is 0.300.